The molecule has 0 bridgehead atoms. The zero-order chi connectivity index (χ0) is 16.5. The van der Waals surface area contributed by atoms with E-state index in [0.29, 0.717) is 5.92 Å². The number of ether oxygens (including phenoxy) is 1. The third kappa shape index (κ3) is 2.58. The lowest BCUT2D eigenvalue weighted by Crippen LogP contribution is -2.08. The van der Waals surface area contributed by atoms with Gasteiger partial charge in [-0.2, -0.15) is 0 Å². The van der Waals surface area contributed by atoms with Crippen molar-refractivity contribution in [1.29, 1.82) is 0 Å². The quantitative estimate of drug-likeness (QED) is 0.762. The Kier molecular flexibility index (Phi) is 3.81. The molecule has 0 radical (unpaired) electrons. The molecule has 0 spiro atoms. The summed E-state index contributed by atoms with van der Waals surface area (Å²) in [6.07, 6.45) is 5.75. The Morgan fingerprint density at radius 2 is 2.00 bits per heavy atom. The monoisotopic (exact) mass is 319 g/mol. The number of pyridine rings is 2. The van der Waals surface area contributed by atoms with E-state index >= 15 is 0 Å². The molecule has 1 fully saturated rings. The molecule has 4 rings (SSSR count). The molecule has 3 aromatic rings. The lowest BCUT2D eigenvalue weighted by atomic mass is 9.79. The van der Waals surface area contributed by atoms with Crippen molar-refractivity contribution in [3.63, 3.8) is 0 Å². The van der Waals surface area contributed by atoms with E-state index in [1.165, 1.54) is 24.8 Å². The second kappa shape index (κ2) is 6.11. The van der Waals surface area contributed by atoms with Crippen LogP contribution in [0.1, 0.15) is 30.7 Å². The Labute approximate surface area is 141 Å². The first-order chi connectivity index (χ1) is 11.8. The van der Waals surface area contributed by atoms with Gasteiger partial charge in [0, 0.05) is 30.3 Å². The van der Waals surface area contributed by atoms with Gasteiger partial charge in [0.2, 0.25) is 0 Å². The van der Waals surface area contributed by atoms with Crippen molar-refractivity contribution in [3.8, 4) is 17.0 Å². The first-order valence-electron chi connectivity index (χ1n) is 8.41. The van der Waals surface area contributed by atoms with E-state index in [9.17, 15) is 0 Å². The van der Waals surface area contributed by atoms with E-state index in [0.717, 1.165) is 33.7 Å². The Morgan fingerprint density at radius 3 is 2.71 bits per heavy atom. The van der Waals surface area contributed by atoms with E-state index in [1.807, 2.05) is 25.4 Å². The molecular formula is C20H21N3O. The van der Waals surface area contributed by atoms with E-state index in [1.54, 1.807) is 7.11 Å². The van der Waals surface area contributed by atoms with E-state index in [-0.39, 0.29) is 0 Å². The fourth-order valence-electron chi connectivity index (χ4n) is 3.22. The van der Waals surface area contributed by atoms with Gasteiger partial charge in [0.25, 0.3) is 0 Å². The number of fused-ring (bicyclic) bond motifs is 1. The molecule has 0 saturated heterocycles. The van der Waals surface area contributed by atoms with Crippen LogP contribution in [-0.2, 0) is 0 Å². The summed E-state index contributed by atoms with van der Waals surface area (Å²) in [5, 5.41) is 4.09. The van der Waals surface area contributed by atoms with Crippen molar-refractivity contribution in [2.45, 2.75) is 25.2 Å². The Hall–Kier alpha value is -2.62. The molecule has 1 aliphatic rings. The molecule has 0 atom stereocenters. The Bertz CT molecular complexity index is 887. The molecule has 1 N–H and O–H groups in total. The van der Waals surface area contributed by atoms with E-state index in [4.69, 9.17) is 9.72 Å². The van der Waals surface area contributed by atoms with Crippen LogP contribution in [0.4, 0.5) is 5.82 Å². The van der Waals surface area contributed by atoms with Crippen LogP contribution in [0.3, 0.4) is 0 Å². The van der Waals surface area contributed by atoms with Crippen molar-refractivity contribution >= 4 is 16.7 Å². The molecule has 2 heterocycles. The summed E-state index contributed by atoms with van der Waals surface area (Å²) in [5.41, 5.74) is 4.26. The number of nitrogens with one attached hydrogen (secondary N) is 1. The van der Waals surface area contributed by atoms with Crippen LogP contribution in [0.5, 0.6) is 5.75 Å². The fraction of sp³-hybridized carbons (Fsp3) is 0.300. The highest BCUT2D eigenvalue weighted by molar-refractivity contribution is 5.83. The second-order valence-corrected chi connectivity index (χ2v) is 6.30. The maximum atomic E-state index is 5.65. The first kappa shape index (κ1) is 14.9. The number of hydrogen-bond donors (Lipinski definition) is 1. The van der Waals surface area contributed by atoms with Crippen molar-refractivity contribution in [2.75, 3.05) is 19.5 Å². The van der Waals surface area contributed by atoms with Gasteiger partial charge in [0.15, 0.2) is 0 Å². The average Bonchev–Trinajstić information content (AvgIpc) is 2.59. The largest absolute Gasteiger partial charge is 0.496 e. The minimum atomic E-state index is 0.696. The lowest BCUT2D eigenvalue weighted by Gasteiger charge is -2.26. The predicted molar refractivity (Wildman–Crippen MR) is 97.7 cm³/mol. The molecule has 2 aromatic heterocycles. The van der Waals surface area contributed by atoms with Crippen LogP contribution in [0.25, 0.3) is 22.2 Å². The van der Waals surface area contributed by atoms with Gasteiger partial charge in [-0.1, -0.05) is 12.5 Å². The maximum Gasteiger partial charge on any atom is 0.128 e. The highest BCUT2D eigenvalue weighted by atomic mass is 16.5. The number of aromatic nitrogens is 2. The highest BCUT2D eigenvalue weighted by Crippen LogP contribution is 2.40. The number of benzene rings is 1. The van der Waals surface area contributed by atoms with Crippen LogP contribution >= 0.6 is 0 Å². The molecule has 4 heteroatoms. The Morgan fingerprint density at radius 1 is 1.12 bits per heavy atom. The van der Waals surface area contributed by atoms with E-state index in [2.05, 4.69) is 34.6 Å². The minimum Gasteiger partial charge on any atom is -0.496 e. The first-order valence-corrected chi connectivity index (χ1v) is 8.41. The zero-order valence-corrected chi connectivity index (χ0v) is 14.0. The molecule has 1 aromatic carbocycles. The van der Waals surface area contributed by atoms with Gasteiger partial charge < -0.3 is 10.1 Å². The number of hydrogen-bond acceptors (Lipinski definition) is 4. The SMILES string of the molecule is CNc1cc2nc(-c3ccc(C4CCC4)cc3OC)ccc2cn1. The molecule has 1 aliphatic carbocycles. The fourth-order valence-corrected chi connectivity index (χ4v) is 3.22. The second-order valence-electron chi connectivity index (χ2n) is 6.30. The van der Waals surface area contributed by atoms with Gasteiger partial charge in [0.05, 0.1) is 18.3 Å². The van der Waals surface area contributed by atoms with Crippen LogP contribution < -0.4 is 10.1 Å². The van der Waals surface area contributed by atoms with Gasteiger partial charge >= 0.3 is 0 Å². The number of methoxy groups -OCH3 is 1. The molecule has 24 heavy (non-hydrogen) atoms. The van der Waals surface area contributed by atoms with Crippen LogP contribution in [-0.4, -0.2) is 24.1 Å². The molecule has 0 aliphatic heterocycles. The molecule has 0 amide bonds. The van der Waals surface area contributed by atoms with Crippen molar-refractivity contribution in [2.24, 2.45) is 0 Å². The van der Waals surface area contributed by atoms with Crippen molar-refractivity contribution < 1.29 is 4.74 Å². The van der Waals surface area contributed by atoms with Crippen LogP contribution in [0, 0.1) is 0 Å². The van der Waals surface area contributed by atoms with Gasteiger partial charge in [-0.3, -0.25) is 0 Å². The third-order valence-electron chi connectivity index (χ3n) is 4.91. The van der Waals surface area contributed by atoms with Gasteiger partial charge in [-0.25, -0.2) is 9.97 Å². The summed E-state index contributed by atoms with van der Waals surface area (Å²) >= 11 is 0. The molecule has 4 nitrogen and oxygen atoms in total. The summed E-state index contributed by atoms with van der Waals surface area (Å²) in [4.78, 5) is 9.14. The highest BCUT2D eigenvalue weighted by Gasteiger charge is 2.21. The van der Waals surface area contributed by atoms with Crippen molar-refractivity contribution in [3.05, 3.63) is 48.2 Å². The molecule has 1 saturated carbocycles. The van der Waals surface area contributed by atoms with Gasteiger partial charge in [-0.15, -0.1) is 0 Å². The summed E-state index contributed by atoms with van der Waals surface area (Å²) in [6.45, 7) is 0. The topological polar surface area (TPSA) is 47.0 Å². The van der Waals surface area contributed by atoms with Crippen LogP contribution in [0.15, 0.2) is 42.6 Å². The average molecular weight is 319 g/mol. The maximum absolute atomic E-state index is 5.65. The van der Waals surface area contributed by atoms with E-state index < -0.39 is 0 Å². The van der Waals surface area contributed by atoms with Crippen molar-refractivity contribution in [1.82, 2.24) is 9.97 Å². The van der Waals surface area contributed by atoms with Gasteiger partial charge in [0.1, 0.15) is 11.6 Å². The number of rotatable bonds is 4. The number of anilines is 1. The molecular weight excluding hydrogens is 298 g/mol. The third-order valence-corrected chi connectivity index (χ3v) is 4.91. The zero-order valence-electron chi connectivity index (χ0n) is 14.0. The Balaban J connectivity index is 1.78. The summed E-state index contributed by atoms with van der Waals surface area (Å²) in [7, 11) is 3.59. The summed E-state index contributed by atoms with van der Waals surface area (Å²) in [6, 6.07) is 12.6. The summed E-state index contributed by atoms with van der Waals surface area (Å²) in [5.74, 6) is 2.41. The lowest BCUT2D eigenvalue weighted by molar-refractivity contribution is 0.403. The summed E-state index contributed by atoms with van der Waals surface area (Å²) < 4.78 is 5.65. The van der Waals surface area contributed by atoms with Gasteiger partial charge in [-0.05, 0) is 48.6 Å². The van der Waals surface area contributed by atoms with Crippen LogP contribution in [0.2, 0.25) is 0 Å². The predicted octanol–water partition coefficient (Wildman–Crippen LogP) is 4.61. The standard InChI is InChI=1S/C20H21N3O/c1-21-20-11-18-15(12-22-20)7-9-17(23-18)16-8-6-14(10-19(16)24-2)13-4-3-5-13/h6-13H,3-5H2,1-2H3,(H,21,22). The normalized spacial score (nSPS) is 14.4. The minimum absolute atomic E-state index is 0.696. The molecule has 122 valence electrons. The molecule has 0 unspecified atom stereocenters. The smallest absolute Gasteiger partial charge is 0.128 e. The number of nitrogens with zero attached hydrogens (tertiary/aromatic N) is 2.